The van der Waals surface area contributed by atoms with Crippen molar-refractivity contribution in [2.45, 2.75) is 41.0 Å². The van der Waals surface area contributed by atoms with E-state index in [1.807, 2.05) is 34.6 Å². The van der Waals surface area contributed by atoms with E-state index in [4.69, 9.17) is 10.2 Å². The predicted octanol–water partition coefficient (Wildman–Crippen LogP) is 2.05. The van der Waals surface area contributed by atoms with Gasteiger partial charge in [-0.05, 0) is 12.3 Å². The fourth-order valence-electron chi connectivity index (χ4n) is 0. The van der Waals surface area contributed by atoms with Gasteiger partial charge in [0.2, 0.25) is 0 Å². The van der Waals surface area contributed by atoms with Crippen LogP contribution in [0.5, 0.6) is 0 Å². The topological polar surface area (TPSA) is 40.5 Å². The smallest absolute Gasteiger partial charge is 0.0453 e. The standard InChI is InChI=1S/C4H10O.C3H8O.C2H6/c1-4(2)3-5;1-2-3-4;1-2/h4-5H,3H2,1-2H3;4H,2-3H2,1H3;1-2H3. The summed E-state index contributed by atoms with van der Waals surface area (Å²) in [4.78, 5) is 0. The van der Waals surface area contributed by atoms with E-state index in [1.54, 1.807) is 0 Å². The van der Waals surface area contributed by atoms with Crippen LogP contribution in [0.1, 0.15) is 41.0 Å². The SMILES string of the molecule is CC.CC(C)CO.CCCO. The molecule has 0 aromatic carbocycles. The van der Waals surface area contributed by atoms with Crippen LogP contribution < -0.4 is 0 Å². The molecule has 0 saturated heterocycles. The molecule has 0 spiro atoms. The Kier molecular flexibility index (Phi) is 35.1. The van der Waals surface area contributed by atoms with E-state index in [9.17, 15) is 0 Å². The van der Waals surface area contributed by atoms with Gasteiger partial charge >= 0.3 is 0 Å². The van der Waals surface area contributed by atoms with Crippen molar-refractivity contribution in [3.8, 4) is 0 Å². The average molecular weight is 164 g/mol. The van der Waals surface area contributed by atoms with Crippen molar-refractivity contribution in [1.29, 1.82) is 0 Å². The van der Waals surface area contributed by atoms with Crippen LogP contribution in [0.2, 0.25) is 0 Å². The van der Waals surface area contributed by atoms with Crippen LogP contribution >= 0.6 is 0 Å². The minimum absolute atomic E-state index is 0.306. The first-order valence-electron chi connectivity index (χ1n) is 4.40. The minimum Gasteiger partial charge on any atom is -0.396 e. The van der Waals surface area contributed by atoms with Crippen LogP contribution in [0, 0.1) is 5.92 Å². The largest absolute Gasteiger partial charge is 0.396 e. The Morgan fingerprint density at radius 1 is 1.09 bits per heavy atom. The van der Waals surface area contributed by atoms with Crippen LogP contribution in [-0.2, 0) is 0 Å². The van der Waals surface area contributed by atoms with Crippen molar-refractivity contribution < 1.29 is 10.2 Å². The van der Waals surface area contributed by atoms with Gasteiger partial charge in [-0.1, -0.05) is 34.6 Å². The molecule has 0 unspecified atom stereocenters. The van der Waals surface area contributed by atoms with Crippen molar-refractivity contribution >= 4 is 0 Å². The van der Waals surface area contributed by atoms with Crippen LogP contribution in [0.3, 0.4) is 0 Å². The lowest BCUT2D eigenvalue weighted by Crippen LogP contribution is -1.90. The molecule has 0 saturated carbocycles. The van der Waals surface area contributed by atoms with Gasteiger partial charge < -0.3 is 10.2 Å². The minimum atomic E-state index is 0.306. The number of aliphatic hydroxyl groups excluding tert-OH is 2. The second kappa shape index (κ2) is 22.5. The summed E-state index contributed by atoms with van der Waals surface area (Å²) in [5, 5.41) is 16.0. The molecule has 2 heteroatoms. The van der Waals surface area contributed by atoms with Gasteiger partial charge in [0.05, 0.1) is 0 Å². The van der Waals surface area contributed by atoms with Crippen LogP contribution in [0.4, 0.5) is 0 Å². The summed E-state index contributed by atoms with van der Waals surface area (Å²) in [5.74, 6) is 0.440. The highest BCUT2D eigenvalue weighted by Crippen LogP contribution is 1.83. The van der Waals surface area contributed by atoms with E-state index in [2.05, 4.69) is 0 Å². The highest BCUT2D eigenvalue weighted by atomic mass is 16.3. The normalized spacial score (nSPS) is 7.64. The van der Waals surface area contributed by atoms with Crippen LogP contribution in [0.15, 0.2) is 0 Å². The van der Waals surface area contributed by atoms with Gasteiger partial charge in [-0.15, -0.1) is 0 Å². The Hall–Kier alpha value is -0.0800. The summed E-state index contributed by atoms with van der Waals surface area (Å²) in [6, 6.07) is 0. The predicted molar refractivity (Wildman–Crippen MR) is 50.6 cm³/mol. The Bertz CT molecular complexity index is 34.5. The van der Waals surface area contributed by atoms with E-state index in [0.717, 1.165) is 6.42 Å². The van der Waals surface area contributed by atoms with E-state index in [1.165, 1.54) is 0 Å². The van der Waals surface area contributed by atoms with Crippen molar-refractivity contribution in [2.75, 3.05) is 13.2 Å². The van der Waals surface area contributed by atoms with Gasteiger partial charge in [-0.25, -0.2) is 0 Å². The highest BCUT2D eigenvalue weighted by Gasteiger charge is 1.81. The van der Waals surface area contributed by atoms with E-state index < -0.39 is 0 Å². The molecule has 0 aliphatic rings. The molecule has 2 N–H and O–H groups in total. The Morgan fingerprint density at radius 3 is 1.27 bits per heavy atom. The van der Waals surface area contributed by atoms with Crippen molar-refractivity contribution in [1.82, 2.24) is 0 Å². The molecule has 0 radical (unpaired) electrons. The molecule has 72 valence electrons. The summed E-state index contributed by atoms with van der Waals surface area (Å²) in [6.07, 6.45) is 0.875. The molecular weight excluding hydrogens is 140 g/mol. The first kappa shape index (κ1) is 17.1. The van der Waals surface area contributed by atoms with E-state index >= 15 is 0 Å². The maximum absolute atomic E-state index is 8.14. The van der Waals surface area contributed by atoms with E-state index in [0.29, 0.717) is 19.1 Å². The molecule has 0 amide bonds. The fourth-order valence-corrected chi connectivity index (χ4v) is 0. The van der Waals surface area contributed by atoms with Crippen LogP contribution in [0.25, 0.3) is 0 Å². The first-order valence-corrected chi connectivity index (χ1v) is 4.40. The summed E-state index contributed by atoms with van der Waals surface area (Å²) in [5.41, 5.74) is 0. The summed E-state index contributed by atoms with van der Waals surface area (Å²) in [6.45, 7) is 10.5. The molecule has 0 aliphatic carbocycles. The molecule has 0 bridgehead atoms. The number of aliphatic hydroxyl groups is 2. The molecule has 0 heterocycles. The molecule has 0 rings (SSSR count). The number of hydrogen-bond acceptors (Lipinski definition) is 2. The zero-order chi connectivity index (χ0) is 9.70. The molecular formula is C9H24O2. The molecule has 0 aromatic rings. The molecule has 11 heavy (non-hydrogen) atoms. The van der Waals surface area contributed by atoms with Crippen molar-refractivity contribution in [2.24, 2.45) is 5.92 Å². The molecule has 0 fully saturated rings. The van der Waals surface area contributed by atoms with Gasteiger partial charge in [0.1, 0.15) is 0 Å². The Balaban J connectivity index is -0.0000000965. The summed E-state index contributed by atoms with van der Waals surface area (Å²) in [7, 11) is 0. The van der Waals surface area contributed by atoms with Crippen molar-refractivity contribution in [3.63, 3.8) is 0 Å². The Morgan fingerprint density at radius 2 is 1.27 bits per heavy atom. The maximum Gasteiger partial charge on any atom is 0.0453 e. The van der Waals surface area contributed by atoms with Gasteiger partial charge in [0, 0.05) is 13.2 Å². The summed E-state index contributed by atoms with van der Waals surface area (Å²) < 4.78 is 0. The third-order valence-corrected chi connectivity index (χ3v) is 0.589. The maximum atomic E-state index is 8.14. The zero-order valence-corrected chi connectivity index (χ0v) is 8.59. The zero-order valence-electron chi connectivity index (χ0n) is 8.59. The molecule has 0 atom stereocenters. The average Bonchev–Trinajstić information content (AvgIpc) is 2.08. The van der Waals surface area contributed by atoms with E-state index in [-0.39, 0.29) is 0 Å². The number of rotatable bonds is 2. The third-order valence-electron chi connectivity index (χ3n) is 0.589. The van der Waals surface area contributed by atoms with Gasteiger partial charge in [0.15, 0.2) is 0 Å². The lowest BCUT2D eigenvalue weighted by Gasteiger charge is -1.90. The van der Waals surface area contributed by atoms with Crippen LogP contribution in [-0.4, -0.2) is 23.4 Å². The molecule has 0 aliphatic heterocycles. The van der Waals surface area contributed by atoms with Crippen molar-refractivity contribution in [3.05, 3.63) is 0 Å². The second-order valence-electron chi connectivity index (χ2n) is 2.30. The molecule has 2 nitrogen and oxygen atoms in total. The fraction of sp³-hybridized carbons (Fsp3) is 1.00. The second-order valence-corrected chi connectivity index (χ2v) is 2.30. The lowest BCUT2D eigenvalue weighted by molar-refractivity contribution is 0.248. The van der Waals surface area contributed by atoms with Gasteiger partial charge in [-0.3, -0.25) is 0 Å². The monoisotopic (exact) mass is 164 g/mol. The van der Waals surface area contributed by atoms with Gasteiger partial charge in [0.25, 0.3) is 0 Å². The summed E-state index contributed by atoms with van der Waals surface area (Å²) >= 11 is 0. The third kappa shape index (κ3) is 73.0. The Labute approximate surface area is 71.3 Å². The van der Waals surface area contributed by atoms with Gasteiger partial charge in [-0.2, -0.15) is 0 Å². The first-order chi connectivity index (χ1) is 5.18. The molecule has 0 aromatic heterocycles. The number of hydrogen-bond donors (Lipinski definition) is 2. The lowest BCUT2D eigenvalue weighted by atomic mass is 10.2. The quantitative estimate of drug-likeness (QED) is 0.655. The highest BCUT2D eigenvalue weighted by molar-refractivity contribution is 4.32.